The molecule has 2 aromatic carbocycles. The van der Waals surface area contributed by atoms with Gasteiger partial charge in [0.2, 0.25) is 0 Å². The van der Waals surface area contributed by atoms with Gasteiger partial charge in [-0.1, -0.05) is 0 Å². The van der Waals surface area contributed by atoms with Crippen LogP contribution in [0.3, 0.4) is 0 Å². The first-order valence-electron chi connectivity index (χ1n) is 8.66. The topological polar surface area (TPSA) is 59.5 Å². The summed E-state index contributed by atoms with van der Waals surface area (Å²) in [4.78, 5) is 6.43. The number of hydrogen-bond donors (Lipinski definition) is 0. The van der Waals surface area contributed by atoms with Crippen molar-refractivity contribution >= 4 is 48.5 Å². The van der Waals surface area contributed by atoms with Crippen molar-refractivity contribution in [2.75, 3.05) is 18.1 Å². The molecule has 158 valence electrons. The minimum Gasteiger partial charge on any atom is -0.489 e. The Kier molecular flexibility index (Phi) is 5.54. The molecule has 5 nitrogen and oxygen atoms in total. The maximum atomic E-state index is 13.0. The van der Waals surface area contributed by atoms with Gasteiger partial charge in [-0.3, -0.25) is 4.98 Å². The molecule has 3 aromatic rings. The molecule has 2 heterocycles. The first kappa shape index (κ1) is 21.1. The van der Waals surface area contributed by atoms with E-state index in [1.807, 2.05) is 0 Å². The maximum absolute atomic E-state index is 13.0. The highest BCUT2D eigenvalue weighted by Crippen LogP contribution is 2.42. The largest absolute Gasteiger partial charge is 0.489 e. The van der Waals surface area contributed by atoms with Crippen LogP contribution in [-0.2, 0) is 21.8 Å². The molecule has 0 amide bonds. The number of benzene rings is 2. The second-order valence-electron chi connectivity index (χ2n) is 6.52. The second kappa shape index (κ2) is 7.86. The maximum Gasteiger partial charge on any atom is 0.416 e. The van der Waals surface area contributed by atoms with Crippen LogP contribution in [0, 0.1) is 0 Å². The first-order chi connectivity index (χ1) is 14.1. The van der Waals surface area contributed by atoms with E-state index >= 15 is 0 Å². The van der Waals surface area contributed by atoms with Crippen molar-refractivity contribution in [3.05, 3.63) is 63.0 Å². The minimum atomic E-state index is -4.44. The molecule has 0 unspecified atom stereocenters. The van der Waals surface area contributed by atoms with E-state index in [1.165, 1.54) is 35.7 Å². The number of aromatic nitrogens is 1. The van der Waals surface area contributed by atoms with Gasteiger partial charge in [-0.05, 0) is 46.3 Å². The third-order valence-electron chi connectivity index (χ3n) is 4.54. The lowest BCUT2D eigenvalue weighted by molar-refractivity contribution is -0.137. The summed E-state index contributed by atoms with van der Waals surface area (Å²) in [6.07, 6.45) is -2.92. The summed E-state index contributed by atoms with van der Waals surface area (Å²) in [6, 6.07) is 7.97. The number of sulfone groups is 1. The van der Waals surface area contributed by atoms with Crippen LogP contribution in [0.5, 0.6) is 5.75 Å². The SMILES string of the molecule is O=S(=O)(Cc1cncs1)c1ccc2c(c1)OCCN2c1ccc(C(F)(F)F)cc1Br. The molecule has 0 saturated heterocycles. The van der Waals surface area contributed by atoms with Crippen LogP contribution < -0.4 is 9.64 Å². The second-order valence-corrected chi connectivity index (χ2v) is 10.3. The summed E-state index contributed by atoms with van der Waals surface area (Å²) in [5.74, 6) is 0.198. The Morgan fingerprint density at radius 1 is 1.17 bits per heavy atom. The third-order valence-corrected chi connectivity index (χ3v) is 7.80. The summed E-state index contributed by atoms with van der Waals surface area (Å²) in [7, 11) is -3.59. The van der Waals surface area contributed by atoms with Gasteiger partial charge in [0.05, 0.1) is 39.6 Å². The zero-order chi connectivity index (χ0) is 21.5. The number of ether oxygens (including phenoxy) is 1. The van der Waals surface area contributed by atoms with Crippen molar-refractivity contribution in [2.45, 2.75) is 16.8 Å². The van der Waals surface area contributed by atoms with Crippen LogP contribution in [0.15, 0.2) is 57.5 Å². The molecular weight excluding hydrogens is 505 g/mol. The molecule has 1 aliphatic rings. The molecule has 11 heteroatoms. The van der Waals surface area contributed by atoms with Gasteiger partial charge in [0, 0.05) is 21.6 Å². The van der Waals surface area contributed by atoms with E-state index in [-0.39, 0.29) is 21.7 Å². The highest BCUT2D eigenvalue weighted by molar-refractivity contribution is 9.10. The van der Waals surface area contributed by atoms with Crippen LogP contribution in [0.25, 0.3) is 0 Å². The van der Waals surface area contributed by atoms with Crippen molar-refractivity contribution < 1.29 is 26.3 Å². The Balaban J connectivity index is 1.67. The lowest BCUT2D eigenvalue weighted by Crippen LogP contribution is -2.29. The van der Waals surface area contributed by atoms with Gasteiger partial charge >= 0.3 is 6.18 Å². The molecule has 1 aromatic heterocycles. The fourth-order valence-corrected chi connectivity index (χ4v) is 6.02. The predicted molar refractivity (Wildman–Crippen MR) is 111 cm³/mol. The highest BCUT2D eigenvalue weighted by atomic mass is 79.9. The average molecular weight is 519 g/mol. The molecule has 0 spiro atoms. The smallest absolute Gasteiger partial charge is 0.416 e. The lowest BCUT2D eigenvalue weighted by atomic mass is 10.1. The normalized spacial score (nSPS) is 14.3. The Labute approximate surface area is 183 Å². The van der Waals surface area contributed by atoms with Gasteiger partial charge in [0.1, 0.15) is 12.4 Å². The molecule has 0 fully saturated rings. The van der Waals surface area contributed by atoms with Gasteiger partial charge in [-0.15, -0.1) is 11.3 Å². The van der Waals surface area contributed by atoms with E-state index in [0.717, 1.165) is 12.1 Å². The zero-order valence-corrected chi connectivity index (χ0v) is 18.4. The highest BCUT2D eigenvalue weighted by Gasteiger charge is 2.32. The van der Waals surface area contributed by atoms with E-state index in [9.17, 15) is 21.6 Å². The Hall–Kier alpha value is -2.11. The molecule has 30 heavy (non-hydrogen) atoms. The number of anilines is 2. The monoisotopic (exact) mass is 518 g/mol. The van der Waals surface area contributed by atoms with Crippen molar-refractivity contribution in [1.29, 1.82) is 0 Å². The molecule has 0 N–H and O–H groups in total. The summed E-state index contributed by atoms with van der Waals surface area (Å²) in [5.41, 5.74) is 1.93. The fourth-order valence-electron chi connectivity index (χ4n) is 3.13. The van der Waals surface area contributed by atoms with Gasteiger partial charge in [0.15, 0.2) is 9.84 Å². The summed E-state index contributed by atoms with van der Waals surface area (Å²) >= 11 is 4.48. The standard InChI is InChI=1S/C19H14BrF3N2O3S2/c20-15-7-12(19(21,22)23)1-3-16(15)25-5-6-28-18-8-14(2-4-17(18)25)30(26,27)10-13-9-24-11-29-13/h1-4,7-9,11H,5-6,10H2. The van der Waals surface area contributed by atoms with Gasteiger partial charge in [0.25, 0.3) is 0 Å². The molecule has 0 radical (unpaired) electrons. The zero-order valence-electron chi connectivity index (χ0n) is 15.2. The quantitative estimate of drug-likeness (QED) is 0.460. The number of rotatable bonds is 4. The van der Waals surface area contributed by atoms with Crippen molar-refractivity contribution in [3.63, 3.8) is 0 Å². The number of nitrogens with zero attached hydrogens (tertiary/aromatic N) is 2. The van der Waals surface area contributed by atoms with Crippen LogP contribution in [0.4, 0.5) is 24.5 Å². The lowest BCUT2D eigenvalue weighted by Gasteiger charge is -2.32. The Morgan fingerprint density at radius 3 is 2.60 bits per heavy atom. The molecule has 0 bridgehead atoms. The average Bonchev–Trinajstić information content (AvgIpc) is 3.18. The van der Waals surface area contributed by atoms with E-state index < -0.39 is 21.6 Å². The van der Waals surface area contributed by atoms with Crippen molar-refractivity contribution in [3.8, 4) is 5.75 Å². The molecule has 0 atom stereocenters. The summed E-state index contributed by atoms with van der Waals surface area (Å²) < 4.78 is 70.2. The third kappa shape index (κ3) is 4.19. The molecule has 4 rings (SSSR count). The number of fused-ring (bicyclic) bond motifs is 1. The number of thiazole rings is 1. The van der Waals surface area contributed by atoms with Crippen molar-refractivity contribution in [2.24, 2.45) is 0 Å². The van der Waals surface area contributed by atoms with Crippen LogP contribution in [-0.4, -0.2) is 26.6 Å². The van der Waals surface area contributed by atoms with Gasteiger partial charge in [-0.2, -0.15) is 13.2 Å². The fraction of sp³-hybridized carbons (Fsp3) is 0.211. The van der Waals surface area contributed by atoms with E-state index in [1.54, 1.807) is 16.5 Å². The number of hydrogen-bond acceptors (Lipinski definition) is 6. The Morgan fingerprint density at radius 2 is 1.93 bits per heavy atom. The predicted octanol–water partition coefficient (Wildman–Crippen LogP) is 5.43. The molecule has 1 aliphatic heterocycles. The first-order valence-corrected chi connectivity index (χ1v) is 12.0. The van der Waals surface area contributed by atoms with Crippen LogP contribution >= 0.6 is 27.3 Å². The van der Waals surface area contributed by atoms with Gasteiger partial charge in [-0.25, -0.2) is 8.42 Å². The van der Waals surface area contributed by atoms with Crippen molar-refractivity contribution in [1.82, 2.24) is 4.98 Å². The van der Waals surface area contributed by atoms with Crippen LogP contribution in [0.1, 0.15) is 10.4 Å². The Bertz CT molecular complexity index is 1180. The number of alkyl halides is 3. The molecule has 0 aliphatic carbocycles. The van der Waals surface area contributed by atoms with Crippen LogP contribution in [0.2, 0.25) is 0 Å². The van der Waals surface area contributed by atoms with E-state index in [0.29, 0.717) is 28.5 Å². The van der Waals surface area contributed by atoms with Gasteiger partial charge < -0.3 is 9.64 Å². The van der Waals surface area contributed by atoms with E-state index in [2.05, 4.69) is 20.9 Å². The van der Waals surface area contributed by atoms with E-state index in [4.69, 9.17) is 4.74 Å². The molecule has 0 saturated carbocycles. The number of halogens is 4. The molecular formula is C19H14BrF3N2O3S2. The summed E-state index contributed by atoms with van der Waals surface area (Å²) in [5, 5.41) is 0. The minimum absolute atomic E-state index is 0.114. The summed E-state index contributed by atoms with van der Waals surface area (Å²) in [6.45, 7) is 0.669.